The number of pyridine rings is 1. The van der Waals surface area contributed by atoms with Gasteiger partial charge in [0.15, 0.2) is 0 Å². The third-order valence-electron chi connectivity index (χ3n) is 3.83. The van der Waals surface area contributed by atoms with Crippen molar-refractivity contribution in [3.8, 4) is 17.1 Å². The summed E-state index contributed by atoms with van der Waals surface area (Å²) in [5.74, 6) is 0.928. The molecule has 7 heteroatoms. The number of hydrogen-bond donors (Lipinski definition) is 2. The predicted molar refractivity (Wildman–Crippen MR) is 85.2 cm³/mol. The van der Waals surface area contributed by atoms with Gasteiger partial charge in [-0.25, -0.2) is 4.98 Å². The van der Waals surface area contributed by atoms with Gasteiger partial charge in [-0.2, -0.15) is 0 Å². The van der Waals surface area contributed by atoms with Crippen LogP contribution in [0.3, 0.4) is 0 Å². The average molecular weight is 300 g/mol. The normalized spacial score (nSPS) is 16.6. The molecule has 1 aliphatic rings. The second kappa shape index (κ2) is 6.15. The molecule has 7 nitrogen and oxygen atoms in total. The molecule has 0 saturated carbocycles. The molecule has 3 heterocycles. The highest BCUT2D eigenvalue weighted by Crippen LogP contribution is 2.25. The number of rotatable bonds is 3. The first-order valence-corrected chi connectivity index (χ1v) is 7.32. The Kier molecular flexibility index (Phi) is 4.06. The highest BCUT2D eigenvalue weighted by atomic mass is 16.5. The lowest BCUT2D eigenvalue weighted by atomic mass is 10.1. The second-order valence-electron chi connectivity index (χ2n) is 5.57. The number of anilines is 2. The van der Waals surface area contributed by atoms with Crippen LogP contribution < -0.4 is 16.2 Å². The van der Waals surface area contributed by atoms with Crippen LogP contribution in [0.1, 0.15) is 12.8 Å². The zero-order valence-electron chi connectivity index (χ0n) is 12.6. The van der Waals surface area contributed by atoms with Crippen molar-refractivity contribution in [1.29, 1.82) is 0 Å². The highest BCUT2D eigenvalue weighted by molar-refractivity contribution is 5.74. The van der Waals surface area contributed by atoms with Crippen LogP contribution in [0.5, 0.6) is 5.88 Å². The molecule has 2 aromatic rings. The van der Waals surface area contributed by atoms with Crippen LogP contribution in [0.4, 0.5) is 11.5 Å². The van der Waals surface area contributed by atoms with Gasteiger partial charge in [-0.15, -0.1) is 10.2 Å². The summed E-state index contributed by atoms with van der Waals surface area (Å²) in [7, 11) is 2.12. The van der Waals surface area contributed by atoms with Gasteiger partial charge in [0.25, 0.3) is 0 Å². The van der Waals surface area contributed by atoms with Crippen LogP contribution in [0, 0.1) is 0 Å². The van der Waals surface area contributed by atoms with Gasteiger partial charge in [0.05, 0.1) is 5.69 Å². The number of likely N-dealkylation sites (tertiary alicyclic amines) is 1. The summed E-state index contributed by atoms with van der Waals surface area (Å²) in [6.45, 7) is 2.09. The number of nitrogens with zero attached hydrogens (tertiary/aromatic N) is 4. The Labute approximate surface area is 129 Å². The third-order valence-corrected chi connectivity index (χ3v) is 3.83. The fourth-order valence-electron chi connectivity index (χ4n) is 2.50. The van der Waals surface area contributed by atoms with Gasteiger partial charge in [0.2, 0.25) is 5.88 Å². The fourth-order valence-corrected chi connectivity index (χ4v) is 2.50. The topological polar surface area (TPSA) is 103 Å². The summed E-state index contributed by atoms with van der Waals surface area (Å²) >= 11 is 0. The van der Waals surface area contributed by atoms with Crippen molar-refractivity contribution in [3.05, 3.63) is 24.4 Å². The number of nitrogens with two attached hydrogens (primary N) is 2. The highest BCUT2D eigenvalue weighted by Gasteiger charge is 2.18. The Bertz CT molecular complexity index is 637. The molecule has 22 heavy (non-hydrogen) atoms. The van der Waals surface area contributed by atoms with E-state index in [1.54, 1.807) is 12.3 Å². The number of hydrogen-bond acceptors (Lipinski definition) is 7. The minimum absolute atomic E-state index is 0.208. The zero-order valence-corrected chi connectivity index (χ0v) is 12.6. The molecule has 0 aliphatic carbocycles. The van der Waals surface area contributed by atoms with Crippen molar-refractivity contribution >= 4 is 11.5 Å². The van der Waals surface area contributed by atoms with Crippen molar-refractivity contribution < 1.29 is 4.74 Å². The maximum Gasteiger partial charge on any atom is 0.233 e. The fraction of sp³-hybridized carbons (Fsp3) is 0.400. The van der Waals surface area contributed by atoms with E-state index < -0.39 is 0 Å². The maximum atomic E-state index is 5.93. The number of piperidine rings is 1. The van der Waals surface area contributed by atoms with Crippen LogP contribution in [-0.2, 0) is 0 Å². The monoisotopic (exact) mass is 300 g/mol. The molecule has 2 aromatic heterocycles. The molecule has 0 atom stereocenters. The van der Waals surface area contributed by atoms with Crippen molar-refractivity contribution in [2.24, 2.45) is 0 Å². The lowest BCUT2D eigenvalue weighted by molar-refractivity contribution is 0.109. The Morgan fingerprint density at radius 3 is 2.59 bits per heavy atom. The molecule has 3 rings (SSSR count). The molecule has 1 aliphatic heterocycles. The van der Waals surface area contributed by atoms with Crippen LogP contribution in [0.15, 0.2) is 24.4 Å². The van der Waals surface area contributed by atoms with Gasteiger partial charge in [-0.1, -0.05) is 0 Å². The molecular formula is C15H20N6O. The van der Waals surface area contributed by atoms with E-state index in [1.165, 1.54) is 0 Å². The molecule has 0 radical (unpaired) electrons. The number of nitrogen functional groups attached to an aromatic ring is 2. The Balaban J connectivity index is 1.70. The van der Waals surface area contributed by atoms with Gasteiger partial charge in [-0.3, -0.25) is 0 Å². The van der Waals surface area contributed by atoms with Crippen molar-refractivity contribution in [2.75, 3.05) is 31.6 Å². The molecule has 0 unspecified atom stereocenters. The first-order valence-electron chi connectivity index (χ1n) is 7.32. The minimum atomic E-state index is 0.208. The maximum absolute atomic E-state index is 5.93. The molecule has 0 amide bonds. The molecular weight excluding hydrogens is 280 g/mol. The largest absolute Gasteiger partial charge is 0.473 e. The summed E-state index contributed by atoms with van der Waals surface area (Å²) in [6.07, 6.45) is 3.83. The van der Waals surface area contributed by atoms with Crippen LogP contribution in [-0.4, -0.2) is 46.3 Å². The van der Waals surface area contributed by atoms with Gasteiger partial charge in [-0.05, 0) is 26.0 Å². The Hall–Kier alpha value is -2.41. The molecule has 0 bridgehead atoms. The molecule has 1 fully saturated rings. The summed E-state index contributed by atoms with van der Waals surface area (Å²) in [4.78, 5) is 6.33. The van der Waals surface area contributed by atoms with E-state index in [0.717, 1.165) is 25.9 Å². The van der Waals surface area contributed by atoms with Crippen LogP contribution >= 0.6 is 0 Å². The molecule has 0 aromatic carbocycles. The smallest absolute Gasteiger partial charge is 0.233 e. The van der Waals surface area contributed by atoms with E-state index >= 15 is 0 Å². The first-order chi connectivity index (χ1) is 10.6. The lowest BCUT2D eigenvalue weighted by Gasteiger charge is -2.28. The Morgan fingerprint density at radius 2 is 1.95 bits per heavy atom. The Morgan fingerprint density at radius 1 is 1.18 bits per heavy atom. The SMILES string of the molecule is CN1CCC(Oc2ccc(-c3cnc(N)cc3N)nn2)CC1. The van der Waals surface area contributed by atoms with Crippen LogP contribution in [0.2, 0.25) is 0 Å². The summed E-state index contributed by atoms with van der Waals surface area (Å²) in [5.41, 5.74) is 13.4. The van der Waals surface area contributed by atoms with Gasteiger partial charge in [0.1, 0.15) is 11.9 Å². The van der Waals surface area contributed by atoms with E-state index in [-0.39, 0.29) is 6.10 Å². The molecule has 1 saturated heterocycles. The van der Waals surface area contributed by atoms with Gasteiger partial charge >= 0.3 is 0 Å². The average Bonchev–Trinajstić information content (AvgIpc) is 2.51. The van der Waals surface area contributed by atoms with Crippen molar-refractivity contribution in [2.45, 2.75) is 18.9 Å². The van der Waals surface area contributed by atoms with Crippen LogP contribution in [0.25, 0.3) is 11.3 Å². The second-order valence-corrected chi connectivity index (χ2v) is 5.57. The van der Waals surface area contributed by atoms with Gasteiger partial charge in [0, 0.05) is 42.7 Å². The van der Waals surface area contributed by atoms with E-state index in [1.807, 2.05) is 12.1 Å². The first kappa shape index (κ1) is 14.5. The van der Waals surface area contributed by atoms with Crippen molar-refractivity contribution in [3.63, 3.8) is 0 Å². The number of ether oxygens (including phenoxy) is 1. The predicted octanol–water partition coefficient (Wildman–Crippen LogP) is 1.18. The van der Waals surface area contributed by atoms with Gasteiger partial charge < -0.3 is 21.1 Å². The summed E-state index contributed by atoms with van der Waals surface area (Å²) in [6, 6.07) is 5.26. The lowest BCUT2D eigenvalue weighted by Crippen LogP contribution is -2.35. The molecule has 0 spiro atoms. The minimum Gasteiger partial charge on any atom is -0.473 e. The van der Waals surface area contributed by atoms with E-state index in [4.69, 9.17) is 16.2 Å². The van der Waals surface area contributed by atoms with E-state index in [2.05, 4.69) is 27.1 Å². The van der Waals surface area contributed by atoms with E-state index in [0.29, 0.717) is 28.6 Å². The standard InChI is InChI=1S/C15H20N6O/c1-21-6-4-10(5-7-21)22-15-3-2-13(19-20-15)11-9-18-14(17)8-12(11)16/h2-3,8-10H,4-7H2,1H3,(H4,16,17,18). The number of aromatic nitrogens is 3. The quantitative estimate of drug-likeness (QED) is 0.877. The third kappa shape index (κ3) is 3.25. The molecule has 116 valence electrons. The zero-order chi connectivity index (χ0) is 15.5. The summed E-state index contributed by atoms with van der Waals surface area (Å²) in [5, 5.41) is 8.30. The molecule has 4 N–H and O–H groups in total. The van der Waals surface area contributed by atoms with Crippen molar-refractivity contribution in [1.82, 2.24) is 20.1 Å². The summed E-state index contributed by atoms with van der Waals surface area (Å²) < 4.78 is 5.88. The van der Waals surface area contributed by atoms with E-state index in [9.17, 15) is 0 Å².